The molecular weight excluding hydrogens is 273 g/mol. The average molecular weight is 293 g/mol. The Balaban J connectivity index is 2.13. The van der Waals surface area contributed by atoms with Gasteiger partial charge in [0.2, 0.25) is 0 Å². The maximum atomic E-state index is 13.3. The van der Waals surface area contributed by atoms with Crippen molar-refractivity contribution >= 4 is 12.0 Å². The van der Waals surface area contributed by atoms with E-state index < -0.39 is 5.97 Å². The molecule has 2 N–H and O–H groups in total. The number of carbonyl (C=O) groups is 1. The quantitative estimate of drug-likeness (QED) is 0.817. The summed E-state index contributed by atoms with van der Waals surface area (Å²) in [5, 5.41) is 18.0. The summed E-state index contributed by atoms with van der Waals surface area (Å²) in [6.45, 7) is 2.58. The topological polar surface area (TPSA) is 60.8 Å². The standard InChI is InChI=1S/C16H20FNO3/c17-15-5-3-14(13(8-15)4-6-16(20)21)10-18-7-1-2-12(9-18)11-19/h3-6,8,12,19H,1-2,7,9-11H2,(H,20,21). The molecule has 1 unspecified atom stereocenters. The number of carboxylic acid groups (broad SMARTS) is 1. The number of rotatable bonds is 5. The molecule has 0 bridgehead atoms. The van der Waals surface area contributed by atoms with Crippen LogP contribution in [-0.4, -0.2) is 40.8 Å². The predicted molar refractivity (Wildman–Crippen MR) is 78.2 cm³/mol. The zero-order valence-corrected chi connectivity index (χ0v) is 11.8. The maximum absolute atomic E-state index is 13.3. The van der Waals surface area contributed by atoms with Crippen molar-refractivity contribution in [1.29, 1.82) is 0 Å². The highest BCUT2D eigenvalue weighted by Crippen LogP contribution is 2.21. The largest absolute Gasteiger partial charge is 0.478 e. The van der Waals surface area contributed by atoms with Crippen molar-refractivity contribution in [3.63, 3.8) is 0 Å². The molecule has 1 aromatic carbocycles. The van der Waals surface area contributed by atoms with E-state index in [1.54, 1.807) is 6.07 Å². The van der Waals surface area contributed by atoms with Gasteiger partial charge in [0.25, 0.3) is 0 Å². The number of aliphatic carboxylic acids is 1. The number of aliphatic hydroxyl groups is 1. The molecule has 21 heavy (non-hydrogen) atoms. The number of likely N-dealkylation sites (tertiary alicyclic amines) is 1. The van der Waals surface area contributed by atoms with Gasteiger partial charge in [-0.1, -0.05) is 6.07 Å². The summed E-state index contributed by atoms with van der Waals surface area (Å²) in [6, 6.07) is 4.43. The van der Waals surface area contributed by atoms with Crippen LogP contribution in [0.15, 0.2) is 24.3 Å². The fourth-order valence-corrected chi connectivity index (χ4v) is 2.71. The van der Waals surface area contributed by atoms with Crippen LogP contribution in [0.25, 0.3) is 6.08 Å². The van der Waals surface area contributed by atoms with Gasteiger partial charge in [-0.25, -0.2) is 9.18 Å². The van der Waals surface area contributed by atoms with E-state index in [2.05, 4.69) is 4.90 Å². The molecule has 0 aliphatic carbocycles. The van der Waals surface area contributed by atoms with E-state index in [9.17, 15) is 14.3 Å². The highest BCUT2D eigenvalue weighted by molar-refractivity contribution is 5.85. The second kappa shape index (κ2) is 7.33. The lowest BCUT2D eigenvalue weighted by Gasteiger charge is -2.32. The highest BCUT2D eigenvalue weighted by atomic mass is 19.1. The summed E-state index contributed by atoms with van der Waals surface area (Å²) < 4.78 is 13.3. The van der Waals surface area contributed by atoms with E-state index in [4.69, 9.17) is 5.11 Å². The third-order valence-electron chi connectivity index (χ3n) is 3.77. The van der Waals surface area contributed by atoms with Gasteiger partial charge in [-0.05, 0) is 54.6 Å². The van der Waals surface area contributed by atoms with Gasteiger partial charge in [-0.2, -0.15) is 0 Å². The number of carboxylic acids is 1. The summed E-state index contributed by atoms with van der Waals surface area (Å²) >= 11 is 0. The van der Waals surface area contributed by atoms with E-state index in [1.165, 1.54) is 18.2 Å². The Morgan fingerprint density at radius 2 is 2.29 bits per heavy atom. The number of benzene rings is 1. The molecular formula is C16H20FNO3. The first-order valence-electron chi connectivity index (χ1n) is 7.11. The molecule has 0 amide bonds. The number of aliphatic hydroxyl groups excluding tert-OH is 1. The van der Waals surface area contributed by atoms with Gasteiger partial charge in [-0.3, -0.25) is 4.90 Å². The molecule has 0 radical (unpaired) electrons. The molecule has 1 fully saturated rings. The fraction of sp³-hybridized carbons (Fsp3) is 0.438. The SMILES string of the molecule is O=C(O)C=Cc1cc(F)ccc1CN1CCCC(CO)C1. The first kappa shape index (κ1) is 15.7. The third kappa shape index (κ3) is 4.65. The van der Waals surface area contributed by atoms with Crippen molar-refractivity contribution in [2.45, 2.75) is 19.4 Å². The van der Waals surface area contributed by atoms with Gasteiger partial charge >= 0.3 is 5.97 Å². The van der Waals surface area contributed by atoms with E-state index in [0.717, 1.165) is 37.6 Å². The Labute approximate surface area is 123 Å². The van der Waals surface area contributed by atoms with Gasteiger partial charge < -0.3 is 10.2 Å². The summed E-state index contributed by atoms with van der Waals surface area (Å²) in [5.74, 6) is -1.14. The van der Waals surface area contributed by atoms with Crippen molar-refractivity contribution in [3.05, 3.63) is 41.2 Å². The molecule has 1 saturated heterocycles. The van der Waals surface area contributed by atoms with Gasteiger partial charge in [0, 0.05) is 25.8 Å². The molecule has 114 valence electrons. The van der Waals surface area contributed by atoms with Gasteiger partial charge in [0.15, 0.2) is 0 Å². The predicted octanol–water partition coefficient (Wildman–Crippen LogP) is 2.13. The van der Waals surface area contributed by atoms with Crippen LogP contribution in [0.4, 0.5) is 4.39 Å². The van der Waals surface area contributed by atoms with Crippen LogP contribution < -0.4 is 0 Å². The van der Waals surface area contributed by atoms with Crippen molar-refractivity contribution in [2.75, 3.05) is 19.7 Å². The van der Waals surface area contributed by atoms with Crippen molar-refractivity contribution in [1.82, 2.24) is 4.90 Å². The van der Waals surface area contributed by atoms with Crippen molar-refractivity contribution in [3.8, 4) is 0 Å². The number of nitrogens with zero attached hydrogens (tertiary/aromatic N) is 1. The first-order valence-corrected chi connectivity index (χ1v) is 7.11. The second-order valence-corrected chi connectivity index (χ2v) is 5.44. The molecule has 0 aromatic heterocycles. The molecule has 1 aliphatic rings. The van der Waals surface area contributed by atoms with Crippen LogP contribution >= 0.6 is 0 Å². The van der Waals surface area contributed by atoms with Crippen LogP contribution in [0.2, 0.25) is 0 Å². The van der Waals surface area contributed by atoms with Gasteiger partial charge in [0.05, 0.1) is 0 Å². The Morgan fingerprint density at radius 3 is 3.00 bits per heavy atom. The van der Waals surface area contributed by atoms with Gasteiger partial charge in [-0.15, -0.1) is 0 Å². The van der Waals surface area contributed by atoms with Crippen LogP contribution in [0.1, 0.15) is 24.0 Å². The highest BCUT2D eigenvalue weighted by Gasteiger charge is 2.19. The minimum Gasteiger partial charge on any atom is -0.478 e. The first-order chi connectivity index (χ1) is 10.1. The Hall–Kier alpha value is -1.72. The molecule has 0 spiro atoms. The Bertz CT molecular complexity index is 530. The normalized spacial score (nSPS) is 20.0. The summed E-state index contributed by atoms with van der Waals surface area (Å²) in [4.78, 5) is 12.8. The van der Waals surface area contributed by atoms with E-state index in [-0.39, 0.29) is 18.3 Å². The summed E-state index contributed by atoms with van der Waals surface area (Å²) in [7, 11) is 0. The third-order valence-corrected chi connectivity index (χ3v) is 3.77. The van der Waals surface area contributed by atoms with E-state index in [1.807, 2.05) is 0 Å². The summed E-state index contributed by atoms with van der Waals surface area (Å²) in [6.07, 6.45) is 4.51. The number of hydrogen-bond acceptors (Lipinski definition) is 3. The Kier molecular flexibility index (Phi) is 5.47. The number of piperidine rings is 1. The average Bonchev–Trinajstić information content (AvgIpc) is 2.47. The number of hydrogen-bond donors (Lipinski definition) is 2. The van der Waals surface area contributed by atoms with Gasteiger partial charge in [0.1, 0.15) is 5.82 Å². The molecule has 1 heterocycles. The lowest BCUT2D eigenvalue weighted by molar-refractivity contribution is -0.131. The molecule has 2 rings (SSSR count). The molecule has 1 aromatic rings. The smallest absolute Gasteiger partial charge is 0.328 e. The zero-order valence-electron chi connectivity index (χ0n) is 11.8. The lowest BCUT2D eigenvalue weighted by Crippen LogP contribution is -2.36. The van der Waals surface area contributed by atoms with Crippen molar-refractivity contribution < 1.29 is 19.4 Å². The minimum atomic E-state index is -1.05. The molecule has 4 nitrogen and oxygen atoms in total. The molecule has 5 heteroatoms. The van der Waals surface area contributed by atoms with E-state index >= 15 is 0 Å². The van der Waals surface area contributed by atoms with Crippen LogP contribution in [0.5, 0.6) is 0 Å². The van der Waals surface area contributed by atoms with E-state index in [0.29, 0.717) is 12.1 Å². The Morgan fingerprint density at radius 1 is 1.48 bits per heavy atom. The lowest BCUT2D eigenvalue weighted by atomic mass is 9.97. The van der Waals surface area contributed by atoms with Crippen molar-refractivity contribution in [2.24, 2.45) is 5.92 Å². The maximum Gasteiger partial charge on any atom is 0.328 e. The van der Waals surface area contributed by atoms with Crippen LogP contribution in [0.3, 0.4) is 0 Å². The molecule has 0 saturated carbocycles. The second-order valence-electron chi connectivity index (χ2n) is 5.44. The summed E-state index contributed by atoms with van der Waals surface area (Å²) in [5.41, 5.74) is 1.48. The fourth-order valence-electron chi connectivity index (χ4n) is 2.71. The zero-order chi connectivity index (χ0) is 15.2. The minimum absolute atomic E-state index is 0.186. The molecule has 1 atom stereocenters. The van der Waals surface area contributed by atoms with Crippen LogP contribution in [-0.2, 0) is 11.3 Å². The number of halogens is 1. The molecule has 1 aliphatic heterocycles. The van der Waals surface area contributed by atoms with Crippen LogP contribution in [0, 0.1) is 11.7 Å². The monoisotopic (exact) mass is 293 g/mol.